The van der Waals surface area contributed by atoms with Crippen LogP contribution in [0.1, 0.15) is 27.4 Å². The van der Waals surface area contributed by atoms with Crippen LogP contribution in [-0.2, 0) is 23.1 Å². The smallest absolute Gasteiger partial charge is 0.287 e. The maximum Gasteiger partial charge on any atom is 0.287 e. The largest absolute Gasteiger partial charge is 0.455 e. The van der Waals surface area contributed by atoms with Crippen molar-refractivity contribution in [2.45, 2.75) is 24.9 Å². The molecule has 0 saturated heterocycles. The lowest BCUT2D eigenvalue weighted by Gasteiger charge is -2.16. The Balaban J connectivity index is 1.37. The third kappa shape index (κ3) is 4.57. The fourth-order valence-corrected chi connectivity index (χ4v) is 4.24. The van der Waals surface area contributed by atoms with E-state index >= 15 is 0 Å². The Morgan fingerprint density at radius 3 is 2.55 bits per heavy atom. The molecular weight excluding hydrogens is 420 g/mol. The molecule has 31 heavy (non-hydrogen) atoms. The van der Waals surface area contributed by atoms with Crippen LogP contribution in [-0.4, -0.2) is 32.5 Å². The summed E-state index contributed by atoms with van der Waals surface area (Å²) < 4.78 is 42.8. The molecule has 9 heteroatoms. The molecule has 1 aliphatic heterocycles. The van der Waals surface area contributed by atoms with E-state index in [0.29, 0.717) is 17.3 Å². The van der Waals surface area contributed by atoms with Gasteiger partial charge in [0.2, 0.25) is 16.8 Å². The van der Waals surface area contributed by atoms with Gasteiger partial charge < -0.3 is 19.2 Å². The van der Waals surface area contributed by atoms with Gasteiger partial charge in [0, 0.05) is 13.6 Å². The average molecular weight is 442 g/mol. The molecule has 2 aromatic carbocycles. The van der Waals surface area contributed by atoms with Crippen molar-refractivity contribution in [2.75, 3.05) is 13.8 Å². The first-order valence-corrected chi connectivity index (χ1v) is 11.1. The van der Waals surface area contributed by atoms with E-state index in [0.717, 1.165) is 11.1 Å². The normalized spacial score (nSPS) is 12.9. The van der Waals surface area contributed by atoms with E-state index in [1.807, 2.05) is 13.0 Å². The van der Waals surface area contributed by atoms with Crippen LogP contribution in [0.3, 0.4) is 0 Å². The second kappa shape index (κ2) is 8.44. The minimum Gasteiger partial charge on any atom is -0.455 e. The molecule has 2 heterocycles. The zero-order valence-electron chi connectivity index (χ0n) is 17.1. The third-order valence-corrected chi connectivity index (χ3v) is 6.70. The molecule has 0 fully saturated rings. The topological polar surface area (TPSA) is 98.1 Å². The van der Waals surface area contributed by atoms with Gasteiger partial charge in [-0.1, -0.05) is 23.8 Å². The fourth-order valence-electron chi connectivity index (χ4n) is 3.10. The molecule has 0 radical (unpaired) electrons. The van der Waals surface area contributed by atoms with E-state index in [1.54, 1.807) is 42.5 Å². The summed E-state index contributed by atoms with van der Waals surface area (Å²) in [4.78, 5) is 12.6. The summed E-state index contributed by atoms with van der Waals surface area (Å²) >= 11 is 0. The number of sulfonamides is 1. The molecule has 1 aliphatic rings. The lowest BCUT2D eigenvalue weighted by Crippen LogP contribution is -2.26. The quantitative estimate of drug-likeness (QED) is 0.604. The van der Waals surface area contributed by atoms with Crippen molar-refractivity contribution < 1.29 is 27.1 Å². The van der Waals surface area contributed by atoms with Crippen LogP contribution in [0.15, 0.2) is 63.9 Å². The van der Waals surface area contributed by atoms with Crippen LogP contribution < -0.4 is 14.8 Å². The SMILES string of the molecule is Cc1ccc(S(=O)(=O)N(C)Cc2ccc(C(=O)NCc3ccc4c(c3)OCO4)o2)cc1. The Kier molecular flexibility index (Phi) is 5.71. The fraction of sp³-hybridized carbons (Fsp3) is 0.227. The summed E-state index contributed by atoms with van der Waals surface area (Å²) in [6, 6.07) is 15.2. The molecule has 0 bridgehead atoms. The summed E-state index contributed by atoms with van der Waals surface area (Å²) in [6.45, 7) is 2.37. The minimum absolute atomic E-state index is 0.00561. The first-order chi connectivity index (χ1) is 14.8. The highest BCUT2D eigenvalue weighted by molar-refractivity contribution is 7.89. The van der Waals surface area contributed by atoms with E-state index in [1.165, 1.54) is 17.4 Å². The predicted octanol–water partition coefficient (Wildman–Crippen LogP) is 3.07. The molecular formula is C22H22N2O6S. The van der Waals surface area contributed by atoms with Gasteiger partial charge in [-0.25, -0.2) is 8.42 Å². The number of hydrogen-bond donors (Lipinski definition) is 1. The Morgan fingerprint density at radius 1 is 1.03 bits per heavy atom. The average Bonchev–Trinajstić information content (AvgIpc) is 3.41. The Bertz CT molecular complexity index is 1200. The molecule has 8 nitrogen and oxygen atoms in total. The number of amides is 1. The van der Waals surface area contributed by atoms with Gasteiger partial charge in [-0.3, -0.25) is 4.79 Å². The van der Waals surface area contributed by atoms with E-state index < -0.39 is 15.9 Å². The van der Waals surface area contributed by atoms with Crippen LogP contribution in [0, 0.1) is 6.92 Å². The molecule has 1 amide bonds. The molecule has 1 N–H and O–H groups in total. The van der Waals surface area contributed by atoms with Gasteiger partial charge in [-0.2, -0.15) is 4.31 Å². The van der Waals surface area contributed by atoms with Crippen LogP contribution in [0.25, 0.3) is 0 Å². The first-order valence-electron chi connectivity index (χ1n) is 9.61. The Morgan fingerprint density at radius 2 is 1.77 bits per heavy atom. The van der Waals surface area contributed by atoms with Gasteiger partial charge in [-0.15, -0.1) is 0 Å². The number of rotatable bonds is 7. The number of fused-ring (bicyclic) bond motifs is 1. The highest BCUT2D eigenvalue weighted by Gasteiger charge is 2.22. The Labute approximate surface area is 180 Å². The van der Waals surface area contributed by atoms with Gasteiger partial charge in [0.15, 0.2) is 17.3 Å². The minimum atomic E-state index is -3.67. The number of ether oxygens (including phenoxy) is 2. The number of furan rings is 1. The summed E-state index contributed by atoms with van der Waals surface area (Å²) in [6.07, 6.45) is 0. The number of aryl methyl sites for hydroxylation is 1. The number of carbonyl (C=O) groups excluding carboxylic acids is 1. The molecule has 0 spiro atoms. The van der Waals surface area contributed by atoms with Gasteiger partial charge >= 0.3 is 0 Å². The van der Waals surface area contributed by atoms with Crippen molar-refractivity contribution in [1.29, 1.82) is 0 Å². The number of carbonyl (C=O) groups is 1. The van der Waals surface area contributed by atoms with E-state index in [-0.39, 0.29) is 30.5 Å². The molecule has 1 aromatic heterocycles. The number of hydrogen-bond acceptors (Lipinski definition) is 6. The van der Waals surface area contributed by atoms with E-state index in [2.05, 4.69) is 5.32 Å². The highest BCUT2D eigenvalue weighted by atomic mass is 32.2. The van der Waals surface area contributed by atoms with Crippen molar-refractivity contribution in [2.24, 2.45) is 0 Å². The molecule has 4 rings (SSSR count). The molecule has 0 saturated carbocycles. The molecule has 0 aliphatic carbocycles. The van der Waals surface area contributed by atoms with Crippen molar-refractivity contribution in [3.8, 4) is 11.5 Å². The molecule has 3 aromatic rings. The monoisotopic (exact) mass is 442 g/mol. The summed E-state index contributed by atoms with van der Waals surface area (Å²) in [5.41, 5.74) is 1.83. The van der Waals surface area contributed by atoms with Crippen LogP contribution in [0.2, 0.25) is 0 Å². The zero-order chi connectivity index (χ0) is 22.0. The van der Waals surface area contributed by atoms with Crippen molar-refractivity contribution in [3.63, 3.8) is 0 Å². The van der Waals surface area contributed by atoms with Gasteiger partial charge in [-0.05, 0) is 48.9 Å². The zero-order valence-corrected chi connectivity index (χ0v) is 17.9. The molecule has 162 valence electrons. The number of nitrogens with one attached hydrogen (secondary N) is 1. The maximum atomic E-state index is 12.7. The number of benzene rings is 2. The summed E-state index contributed by atoms with van der Waals surface area (Å²) in [7, 11) is -2.20. The summed E-state index contributed by atoms with van der Waals surface area (Å²) in [5.74, 6) is 1.40. The molecule has 0 unspecified atom stereocenters. The number of nitrogens with zero attached hydrogens (tertiary/aromatic N) is 1. The second-order valence-corrected chi connectivity index (χ2v) is 9.26. The van der Waals surface area contributed by atoms with Gasteiger partial charge in [0.05, 0.1) is 11.4 Å². The van der Waals surface area contributed by atoms with Crippen LogP contribution in [0.5, 0.6) is 11.5 Å². The standard InChI is InChI=1S/C22H22N2O6S/c1-15-3-7-18(8-4-15)31(26,27)24(2)13-17-6-10-20(30-17)22(25)23-12-16-5-9-19-21(11-16)29-14-28-19/h3-11H,12-14H2,1-2H3,(H,23,25). The third-order valence-electron chi connectivity index (χ3n) is 4.88. The Hall–Kier alpha value is -3.30. The second-order valence-electron chi connectivity index (χ2n) is 7.21. The maximum absolute atomic E-state index is 12.7. The summed E-state index contributed by atoms with van der Waals surface area (Å²) in [5, 5.41) is 2.77. The van der Waals surface area contributed by atoms with Crippen molar-refractivity contribution >= 4 is 15.9 Å². The lowest BCUT2D eigenvalue weighted by molar-refractivity contribution is 0.0920. The lowest BCUT2D eigenvalue weighted by atomic mass is 10.2. The van der Waals surface area contributed by atoms with E-state index in [9.17, 15) is 13.2 Å². The van der Waals surface area contributed by atoms with Gasteiger partial charge in [0.25, 0.3) is 5.91 Å². The van der Waals surface area contributed by atoms with Crippen LogP contribution in [0.4, 0.5) is 0 Å². The van der Waals surface area contributed by atoms with Crippen molar-refractivity contribution in [1.82, 2.24) is 9.62 Å². The van der Waals surface area contributed by atoms with E-state index in [4.69, 9.17) is 13.9 Å². The van der Waals surface area contributed by atoms with Crippen molar-refractivity contribution in [3.05, 3.63) is 77.2 Å². The molecule has 0 atom stereocenters. The highest BCUT2D eigenvalue weighted by Crippen LogP contribution is 2.32. The van der Waals surface area contributed by atoms with Crippen LogP contribution >= 0.6 is 0 Å². The van der Waals surface area contributed by atoms with Gasteiger partial charge in [0.1, 0.15) is 5.76 Å². The predicted molar refractivity (Wildman–Crippen MR) is 112 cm³/mol. The first kappa shape index (κ1) is 21.0.